The van der Waals surface area contributed by atoms with Crippen molar-refractivity contribution in [2.75, 3.05) is 13.1 Å². The molecule has 0 saturated carbocycles. The topological polar surface area (TPSA) is 56.9 Å². The van der Waals surface area contributed by atoms with E-state index in [0.717, 1.165) is 24.2 Å². The van der Waals surface area contributed by atoms with Gasteiger partial charge in [-0.25, -0.2) is 0 Å². The third kappa shape index (κ3) is 3.46. The van der Waals surface area contributed by atoms with E-state index < -0.39 is 0 Å². The first-order chi connectivity index (χ1) is 13.6. The van der Waals surface area contributed by atoms with Gasteiger partial charge in [0.15, 0.2) is 0 Å². The molecule has 0 aliphatic carbocycles. The van der Waals surface area contributed by atoms with E-state index in [4.69, 9.17) is 0 Å². The van der Waals surface area contributed by atoms with Crippen LogP contribution in [0.1, 0.15) is 22.4 Å². The molecule has 2 aromatic carbocycles. The molecule has 4 heteroatoms. The summed E-state index contributed by atoms with van der Waals surface area (Å²) in [6, 6.07) is 16.3. The quantitative estimate of drug-likeness (QED) is 0.635. The number of aromatic amines is 1. The average molecular weight is 371 g/mol. The van der Waals surface area contributed by atoms with Crippen molar-refractivity contribution in [1.29, 1.82) is 0 Å². The number of H-pyrrole nitrogens is 1. The molecule has 0 unspecified atom stereocenters. The monoisotopic (exact) mass is 371 g/mol. The molecule has 0 bridgehead atoms. The predicted molar refractivity (Wildman–Crippen MR) is 115 cm³/mol. The van der Waals surface area contributed by atoms with Crippen molar-refractivity contribution in [3.8, 4) is 0 Å². The number of nitrogens with one attached hydrogen (secondary N) is 3. The lowest BCUT2D eigenvalue weighted by Gasteiger charge is -2.18. The molecule has 1 amide bonds. The first-order valence-electron chi connectivity index (χ1n) is 9.70. The standard InChI is InChI=1S/C24H25N3O/c1-16-8-6-11-20-19(17(2)27-22(16)20)13-15-26-24(28)21-12-7-14-25-23(21)18-9-4-3-5-10-18/h3-12,25,27H,13-15H2,1-2H3,(H,26,28). The van der Waals surface area contributed by atoms with E-state index in [0.29, 0.717) is 12.1 Å². The van der Waals surface area contributed by atoms with Crippen LogP contribution < -0.4 is 10.6 Å². The summed E-state index contributed by atoms with van der Waals surface area (Å²) in [5, 5.41) is 7.68. The summed E-state index contributed by atoms with van der Waals surface area (Å²) in [6.07, 6.45) is 4.69. The number of benzene rings is 2. The van der Waals surface area contributed by atoms with E-state index >= 15 is 0 Å². The van der Waals surface area contributed by atoms with E-state index in [1.807, 2.05) is 42.5 Å². The average Bonchev–Trinajstić information content (AvgIpc) is 3.05. The summed E-state index contributed by atoms with van der Waals surface area (Å²) < 4.78 is 0. The molecule has 3 N–H and O–H groups in total. The summed E-state index contributed by atoms with van der Waals surface area (Å²) in [5.41, 5.74) is 7.47. The molecule has 0 saturated heterocycles. The first-order valence-corrected chi connectivity index (χ1v) is 9.70. The molecule has 0 radical (unpaired) electrons. The van der Waals surface area contributed by atoms with Crippen LogP contribution in [0.25, 0.3) is 16.6 Å². The maximum atomic E-state index is 12.8. The zero-order chi connectivity index (χ0) is 19.5. The van der Waals surface area contributed by atoms with Crippen molar-refractivity contribution in [1.82, 2.24) is 15.6 Å². The summed E-state index contributed by atoms with van der Waals surface area (Å²) in [6.45, 7) is 5.54. The molecular formula is C24H25N3O. The van der Waals surface area contributed by atoms with Crippen LogP contribution in [0.5, 0.6) is 0 Å². The van der Waals surface area contributed by atoms with E-state index in [2.05, 4.69) is 47.7 Å². The number of aromatic nitrogens is 1. The second-order valence-corrected chi connectivity index (χ2v) is 7.17. The Hall–Kier alpha value is -3.27. The third-order valence-corrected chi connectivity index (χ3v) is 5.28. The van der Waals surface area contributed by atoms with Gasteiger partial charge in [-0.2, -0.15) is 0 Å². The number of para-hydroxylation sites is 1. The Morgan fingerprint density at radius 3 is 2.71 bits per heavy atom. The molecule has 0 atom stereocenters. The number of aryl methyl sites for hydroxylation is 2. The number of amides is 1. The molecule has 1 aromatic heterocycles. The Kier molecular flexibility index (Phi) is 5.02. The van der Waals surface area contributed by atoms with Crippen molar-refractivity contribution in [2.24, 2.45) is 0 Å². The van der Waals surface area contributed by atoms with Crippen LogP contribution in [-0.2, 0) is 11.2 Å². The molecule has 1 aliphatic rings. The van der Waals surface area contributed by atoms with Crippen molar-refractivity contribution < 1.29 is 4.79 Å². The molecule has 3 aromatic rings. The highest BCUT2D eigenvalue weighted by atomic mass is 16.1. The van der Waals surface area contributed by atoms with Crippen LogP contribution in [-0.4, -0.2) is 24.0 Å². The van der Waals surface area contributed by atoms with Crippen LogP contribution in [0.2, 0.25) is 0 Å². The van der Waals surface area contributed by atoms with E-state index in [9.17, 15) is 4.79 Å². The number of fused-ring (bicyclic) bond motifs is 1. The first kappa shape index (κ1) is 18.1. The highest BCUT2D eigenvalue weighted by molar-refractivity contribution is 6.04. The Morgan fingerprint density at radius 2 is 1.89 bits per heavy atom. The predicted octanol–water partition coefficient (Wildman–Crippen LogP) is 4.01. The van der Waals surface area contributed by atoms with Crippen molar-refractivity contribution in [3.05, 3.63) is 88.6 Å². The number of dihydropyridines is 1. The maximum Gasteiger partial charge on any atom is 0.253 e. The summed E-state index contributed by atoms with van der Waals surface area (Å²) in [7, 11) is 0. The van der Waals surface area contributed by atoms with E-state index in [1.165, 1.54) is 27.7 Å². The Balaban J connectivity index is 1.50. The number of carbonyl (C=O) groups excluding carboxylic acids is 1. The second kappa shape index (κ2) is 7.77. The lowest BCUT2D eigenvalue weighted by molar-refractivity contribution is -0.117. The van der Waals surface area contributed by atoms with Crippen LogP contribution in [0.3, 0.4) is 0 Å². The lowest BCUT2D eigenvalue weighted by atomic mass is 10.0. The zero-order valence-electron chi connectivity index (χ0n) is 16.3. The number of rotatable bonds is 5. The van der Waals surface area contributed by atoms with Gasteiger partial charge in [0.25, 0.3) is 5.91 Å². The molecule has 4 rings (SSSR count). The fourth-order valence-corrected chi connectivity index (χ4v) is 3.84. The van der Waals surface area contributed by atoms with Gasteiger partial charge < -0.3 is 15.6 Å². The SMILES string of the molecule is Cc1[nH]c2c(C)cccc2c1CCNC(=O)C1=C(c2ccccc2)NCC=C1. The van der Waals surface area contributed by atoms with Crippen LogP contribution in [0.15, 0.2) is 66.3 Å². The van der Waals surface area contributed by atoms with Gasteiger partial charge >= 0.3 is 0 Å². The Morgan fingerprint density at radius 1 is 1.07 bits per heavy atom. The highest BCUT2D eigenvalue weighted by Gasteiger charge is 2.17. The second-order valence-electron chi connectivity index (χ2n) is 7.17. The van der Waals surface area contributed by atoms with Crippen molar-refractivity contribution >= 4 is 22.5 Å². The van der Waals surface area contributed by atoms with Crippen molar-refractivity contribution in [2.45, 2.75) is 20.3 Å². The Bertz CT molecular complexity index is 1070. The maximum absolute atomic E-state index is 12.8. The molecule has 2 heterocycles. The highest BCUT2D eigenvalue weighted by Crippen LogP contribution is 2.25. The summed E-state index contributed by atoms with van der Waals surface area (Å²) >= 11 is 0. The molecule has 1 aliphatic heterocycles. The molecule has 142 valence electrons. The van der Waals surface area contributed by atoms with Gasteiger partial charge in [0.05, 0.1) is 11.3 Å². The van der Waals surface area contributed by atoms with Crippen LogP contribution in [0.4, 0.5) is 0 Å². The van der Waals surface area contributed by atoms with Gasteiger partial charge in [-0.05, 0) is 43.0 Å². The number of hydrogen-bond acceptors (Lipinski definition) is 2. The van der Waals surface area contributed by atoms with E-state index in [-0.39, 0.29) is 5.91 Å². The van der Waals surface area contributed by atoms with Crippen molar-refractivity contribution in [3.63, 3.8) is 0 Å². The zero-order valence-corrected chi connectivity index (χ0v) is 16.3. The smallest absolute Gasteiger partial charge is 0.253 e. The summed E-state index contributed by atoms with van der Waals surface area (Å²) in [5.74, 6) is -0.0454. The van der Waals surface area contributed by atoms with Gasteiger partial charge in [0.2, 0.25) is 0 Å². The number of hydrogen-bond donors (Lipinski definition) is 3. The van der Waals surface area contributed by atoms with Crippen LogP contribution >= 0.6 is 0 Å². The normalized spacial score (nSPS) is 13.6. The number of carbonyl (C=O) groups is 1. The van der Waals surface area contributed by atoms with E-state index in [1.54, 1.807) is 0 Å². The largest absolute Gasteiger partial charge is 0.380 e. The fraction of sp³-hybridized carbons (Fsp3) is 0.208. The van der Waals surface area contributed by atoms with Gasteiger partial charge in [-0.1, -0.05) is 54.6 Å². The molecule has 0 spiro atoms. The third-order valence-electron chi connectivity index (χ3n) is 5.28. The molecule has 28 heavy (non-hydrogen) atoms. The molecule has 0 fully saturated rings. The minimum Gasteiger partial charge on any atom is -0.380 e. The Labute approximate surface area is 165 Å². The molecule has 4 nitrogen and oxygen atoms in total. The van der Waals surface area contributed by atoms with Gasteiger partial charge in [0, 0.05) is 29.7 Å². The minimum atomic E-state index is -0.0454. The van der Waals surface area contributed by atoms with Gasteiger partial charge in [-0.3, -0.25) is 4.79 Å². The minimum absolute atomic E-state index is 0.0454. The summed E-state index contributed by atoms with van der Waals surface area (Å²) in [4.78, 5) is 16.3. The van der Waals surface area contributed by atoms with Gasteiger partial charge in [0.1, 0.15) is 0 Å². The molecular weight excluding hydrogens is 346 g/mol. The fourth-order valence-electron chi connectivity index (χ4n) is 3.84. The van der Waals surface area contributed by atoms with Gasteiger partial charge in [-0.15, -0.1) is 0 Å². The van der Waals surface area contributed by atoms with Crippen LogP contribution in [0, 0.1) is 13.8 Å². The lowest BCUT2D eigenvalue weighted by Crippen LogP contribution is -2.30.